The van der Waals surface area contributed by atoms with E-state index in [1.54, 1.807) is 43.3 Å². The van der Waals surface area contributed by atoms with Crippen LogP contribution in [0.1, 0.15) is 18.0 Å². The molecule has 1 aliphatic heterocycles. The number of nitro groups is 1. The van der Waals surface area contributed by atoms with E-state index in [9.17, 15) is 19.7 Å². The summed E-state index contributed by atoms with van der Waals surface area (Å²) in [6.07, 6.45) is -0.143. The van der Waals surface area contributed by atoms with Crippen LogP contribution in [0.3, 0.4) is 0 Å². The van der Waals surface area contributed by atoms with Crippen LogP contribution in [-0.2, 0) is 9.59 Å². The van der Waals surface area contributed by atoms with Crippen molar-refractivity contribution in [3.8, 4) is 11.4 Å². The minimum absolute atomic E-state index is 0.111. The highest BCUT2D eigenvalue weighted by Crippen LogP contribution is 2.29. The number of carbonyl (C=O) groups is 2. The first kappa shape index (κ1) is 19.5. The summed E-state index contributed by atoms with van der Waals surface area (Å²) in [5.74, 6) is -0.441. The fourth-order valence-electron chi connectivity index (χ4n) is 3.10. The van der Waals surface area contributed by atoms with Crippen LogP contribution >= 0.6 is 11.6 Å². The van der Waals surface area contributed by atoms with Crippen LogP contribution in [0, 0.1) is 17.0 Å². The predicted molar refractivity (Wildman–Crippen MR) is 109 cm³/mol. The summed E-state index contributed by atoms with van der Waals surface area (Å²) in [6, 6.07) is 10.2. The lowest BCUT2D eigenvalue weighted by molar-refractivity contribution is -0.385. The fraction of sp³-hybridized carbons (Fsp3) is 0.158. The largest absolute Gasteiger partial charge is 0.324 e. The van der Waals surface area contributed by atoms with Gasteiger partial charge in [-0.25, -0.2) is 4.68 Å². The average Bonchev–Trinajstić information content (AvgIpc) is 3.12. The van der Waals surface area contributed by atoms with Crippen LogP contribution in [-0.4, -0.2) is 31.5 Å². The van der Waals surface area contributed by atoms with Crippen molar-refractivity contribution in [2.45, 2.75) is 19.4 Å². The van der Waals surface area contributed by atoms with Gasteiger partial charge in [0.05, 0.1) is 11.3 Å². The van der Waals surface area contributed by atoms with Gasteiger partial charge in [0, 0.05) is 27.9 Å². The second-order valence-electron chi connectivity index (χ2n) is 6.73. The number of aryl methyl sites for hydroxylation is 1. The van der Waals surface area contributed by atoms with Gasteiger partial charge in [-0.3, -0.25) is 25.0 Å². The summed E-state index contributed by atoms with van der Waals surface area (Å²) in [7, 11) is 0. The quantitative estimate of drug-likeness (QED) is 0.485. The molecule has 1 aromatic heterocycles. The van der Waals surface area contributed by atoms with Crippen LogP contribution in [0.4, 0.5) is 17.3 Å². The molecule has 0 aliphatic carbocycles. The second kappa shape index (κ2) is 7.56. The number of rotatable bonds is 4. The van der Waals surface area contributed by atoms with Gasteiger partial charge in [0.2, 0.25) is 17.8 Å². The third-order valence-corrected chi connectivity index (χ3v) is 4.89. The topological polar surface area (TPSA) is 132 Å². The molecule has 0 radical (unpaired) electrons. The Kier molecular flexibility index (Phi) is 4.92. The van der Waals surface area contributed by atoms with E-state index in [0.717, 1.165) is 0 Å². The summed E-state index contributed by atoms with van der Waals surface area (Å²) >= 11 is 5.90. The van der Waals surface area contributed by atoms with E-state index in [1.807, 2.05) is 0 Å². The predicted octanol–water partition coefficient (Wildman–Crippen LogP) is 3.34. The van der Waals surface area contributed by atoms with Crippen molar-refractivity contribution in [3.05, 3.63) is 63.2 Å². The van der Waals surface area contributed by atoms with E-state index in [-0.39, 0.29) is 29.7 Å². The molecule has 3 aromatic rings. The molecule has 10 nitrogen and oxygen atoms in total. The Morgan fingerprint density at radius 2 is 2.03 bits per heavy atom. The third kappa shape index (κ3) is 3.72. The van der Waals surface area contributed by atoms with E-state index in [2.05, 4.69) is 20.7 Å². The monoisotopic (exact) mass is 426 g/mol. The van der Waals surface area contributed by atoms with E-state index < -0.39 is 16.9 Å². The maximum Gasteiger partial charge on any atom is 0.274 e. The van der Waals surface area contributed by atoms with Crippen LogP contribution in [0.25, 0.3) is 11.4 Å². The van der Waals surface area contributed by atoms with Crippen molar-refractivity contribution in [1.29, 1.82) is 0 Å². The number of fused-ring (bicyclic) bond motifs is 1. The molecule has 2 heterocycles. The van der Waals surface area contributed by atoms with Crippen molar-refractivity contribution in [1.82, 2.24) is 14.8 Å². The lowest BCUT2D eigenvalue weighted by Gasteiger charge is -2.22. The number of amides is 2. The molecule has 152 valence electrons. The third-order valence-electron chi connectivity index (χ3n) is 4.63. The van der Waals surface area contributed by atoms with Gasteiger partial charge in [0.25, 0.3) is 5.69 Å². The zero-order chi connectivity index (χ0) is 21.4. The maximum atomic E-state index is 12.9. The Balaban J connectivity index is 1.63. The van der Waals surface area contributed by atoms with E-state index >= 15 is 0 Å². The van der Waals surface area contributed by atoms with E-state index in [4.69, 9.17) is 11.6 Å². The molecule has 0 fully saturated rings. The smallest absolute Gasteiger partial charge is 0.274 e. The number of hydrogen-bond acceptors (Lipinski definition) is 6. The molecule has 2 aromatic carbocycles. The number of anilines is 2. The number of carbonyl (C=O) groups excluding carboxylic acids is 2. The summed E-state index contributed by atoms with van der Waals surface area (Å²) in [5, 5.41) is 21.3. The molecule has 30 heavy (non-hydrogen) atoms. The molecular weight excluding hydrogens is 412 g/mol. The Bertz CT molecular complexity index is 1170. The highest BCUT2D eigenvalue weighted by molar-refractivity contribution is 6.30. The summed E-state index contributed by atoms with van der Waals surface area (Å²) < 4.78 is 1.34. The van der Waals surface area contributed by atoms with Gasteiger partial charge in [-0.05, 0) is 37.3 Å². The molecule has 4 rings (SSSR count). The molecule has 2 N–H and O–H groups in total. The van der Waals surface area contributed by atoms with Gasteiger partial charge in [-0.1, -0.05) is 17.7 Å². The first-order chi connectivity index (χ1) is 14.3. The number of nitrogens with zero attached hydrogens (tertiary/aromatic N) is 4. The maximum absolute atomic E-state index is 12.9. The van der Waals surface area contributed by atoms with Crippen LogP contribution < -0.4 is 10.6 Å². The second-order valence-corrected chi connectivity index (χ2v) is 7.16. The lowest BCUT2D eigenvalue weighted by atomic mass is 10.1. The number of benzene rings is 2. The molecule has 0 unspecified atom stereocenters. The zero-order valence-electron chi connectivity index (χ0n) is 15.6. The Morgan fingerprint density at radius 1 is 1.30 bits per heavy atom. The molecule has 0 saturated heterocycles. The number of nitro benzene ring substituents is 1. The van der Waals surface area contributed by atoms with Crippen molar-refractivity contribution < 1.29 is 14.5 Å². The van der Waals surface area contributed by atoms with Gasteiger partial charge in [0.15, 0.2) is 5.82 Å². The van der Waals surface area contributed by atoms with Crippen molar-refractivity contribution in [2.24, 2.45) is 0 Å². The van der Waals surface area contributed by atoms with Gasteiger partial charge < -0.3 is 5.32 Å². The highest BCUT2D eigenvalue weighted by Gasteiger charge is 2.33. The molecule has 0 saturated carbocycles. The number of nitrogens with one attached hydrogen (secondary N) is 2. The lowest BCUT2D eigenvalue weighted by Crippen LogP contribution is -2.36. The van der Waals surface area contributed by atoms with Crippen LogP contribution in [0.15, 0.2) is 42.5 Å². The van der Waals surface area contributed by atoms with Crippen LogP contribution in [0.2, 0.25) is 5.02 Å². The van der Waals surface area contributed by atoms with E-state index in [0.29, 0.717) is 22.0 Å². The summed E-state index contributed by atoms with van der Waals surface area (Å²) in [4.78, 5) is 39.9. The van der Waals surface area contributed by atoms with Gasteiger partial charge in [-0.15, -0.1) is 5.10 Å². The standard InChI is InChI=1S/C19H15ClN6O4/c1-10-2-7-13(8-14(10)26(29)30)21-18(28)15-9-16(27)22-19-23-17(24-25(15)19)11-3-5-12(20)6-4-11/h2-8,15H,9H2,1H3,(H,21,28)(H,22,23,24,27)/t15-/m0/s1. The Labute approximate surface area is 175 Å². The Morgan fingerprint density at radius 3 is 2.73 bits per heavy atom. The normalized spacial score (nSPS) is 15.3. The first-order valence-corrected chi connectivity index (χ1v) is 9.28. The molecule has 1 atom stereocenters. The summed E-state index contributed by atoms with van der Waals surface area (Å²) in [6.45, 7) is 1.61. The average molecular weight is 427 g/mol. The zero-order valence-corrected chi connectivity index (χ0v) is 16.4. The SMILES string of the molecule is Cc1ccc(NC(=O)[C@@H]2CC(=O)Nc3nc(-c4ccc(Cl)cc4)nn32)cc1[N+](=O)[O-]. The van der Waals surface area contributed by atoms with Gasteiger partial charge in [-0.2, -0.15) is 4.98 Å². The van der Waals surface area contributed by atoms with Crippen molar-refractivity contribution in [2.75, 3.05) is 10.6 Å². The molecule has 2 amide bonds. The van der Waals surface area contributed by atoms with Crippen LogP contribution in [0.5, 0.6) is 0 Å². The molecule has 11 heteroatoms. The highest BCUT2D eigenvalue weighted by atomic mass is 35.5. The molecular formula is C19H15ClN6O4. The number of hydrogen-bond donors (Lipinski definition) is 2. The van der Waals surface area contributed by atoms with E-state index in [1.165, 1.54) is 10.7 Å². The summed E-state index contributed by atoms with van der Waals surface area (Å²) in [5.41, 5.74) is 1.29. The number of aromatic nitrogens is 3. The molecule has 0 spiro atoms. The molecule has 1 aliphatic rings. The minimum Gasteiger partial charge on any atom is -0.324 e. The number of halogens is 1. The van der Waals surface area contributed by atoms with Crippen molar-refractivity contribution in [3.63, 3.8) is 0 Å². The van der Waals surface area contributed by atoms with Crippen molar-refractivity contribution >= 4 is 40.7 Å². The first-order valence-electron chi connectivity index (χ1n) is 8.90. The van der Waals surface area contributed by atoms with Gasteiger partial charge in [0.1, 0.15) is 6.04 Å². The minimum atomic E-state index is -0.956. The molecule has 0 bridgehead atoms. The Hall–Kier alpha value is -3.79. The fourth-order valence-corrected chi connectivity index (χ4v) is 3.22. The van der Waals surface area contributed by atoms with Gasteiger partial charge >= 0.3 is 0 Å².